The first-order chi connectivity index (χ1) is 7.85. The first-order valence-corrected chi connectivity index (χ1v) is 4.91. The topological polar surface area (TPSA) is 63.5 Å². The third kappa shape index (κ3) is 2.08. The molecule has 1 fully saturated rings. The summed E-state index contributed by atoms with van der Waals surface area (Å²) in [4.78, 5) is 0. The van der Waals surface area contributed by atoms with Crippen LogP contribution in [0.5, 0.6) is 5.75 Å². The van der Waals surface area contributed by atoms with Crippen LogP contribution in [0.1, 0.15) is 11.9 Å². The quantitative estimate of drug-likeness (QED) is 0.619. The summed E-state index contributed by atoms with van der Waals surface area (Å²) >= 11 is 0. The molecule has 5 heteroatoms. The van der Waals surface area contributed by atoms with E-state index in [1.165, 1.54) is 0 Å². The van der Waals surface area contributed by atoms with Crippen molar-refractivity contribution in [2.75, 3.05) is 25.6 Å². The molecule has 1 saturated heterocycles. The number of hydrogen-bond donors (Lipinski definition) is 1. The second kappa shape index (κ2) is 4.84. The van der Waals surface area contributed by atoms with Crippen molar-refractivity contribution in [1.29, 1.82) is 5.26 Å². The molecule has 0 aliphatic carbocycles. The first kappa shape index (κ1) is 10.7. The van der Waals surface area contributed by atoms with Crippen molar-refractivity contribution in [3.05, 3.63) is 23.8 Å². The number of anilines is 1. The maximum atomic E-state index is 8.55. The first-order valence-electron chi connectivity index (χ1n) is 4.91. The molecule has 5 nitrogen and oxygen atoms in total. The van der Waals surface area contributed by atoms with Gasteiger partial charge in [0, 0.05) is 5.69 Å². The highest BCUT2D eigenvalue weighted by Gasteiger charge is 2.22. The van der Waals surface area contributed by atoms with Crippen LogP contribution in [0.4, 0.5) is 5.69 Å². The summed E-state index contributed by atoms with van der Waals surface area (Å²) in [7, 11) is 1.59. The fourth-order valence-corrected chi connectivity index (χ4v) is 1.60. The Hall–Kier alpha value is -1.77. The van der Waals surface area contributed by atoms with Crippen LogP contribution in [0, 0.1) is 11.5 Å². The van der Waals surface area contributed by atoms with Crippen LogP contribution in [0.3, 0.4) is 0 Å². The third-order valence-electron chi connectivity index (χ3n) is 2.31. The molecular formula is C11H12N2O3. The number of ether oxygens (including phenoxy) is 3. The minimum atomic E-state index is -0.407. The van der Waals surface area contributed by atoms with E-state index < -0.39 is 6.29 Å². The van der Waals surface area contributed by atoms with Crippen molar-refractivity contribution in [2.45, 2.75) is 6.29 Å². The summed E-state index contributed by atoms with van der Waals surface area (Å²) in [5, 5.41) is 11.1. The molecule has 2 rings (SSSR count). The van der Waals surface area contributed by atoms with E-state index in [-0.39, 0.29) is 0 Å². The fraction of sp³-hybridized carbons (Fsp3) is 0.364. The monoisotopic (exact) mass is 220 g/mol. The van der Waals surface area contributed by atoms with Gasteiger partial charge in [0.15, 0.2) is 12.5 Å². The van der Waals surface area contributed by atoms with Crippen LogP contribution < -0.4 is 10.1 Å². The van der Waals surface area contributed by atoms with Crippen LogP contribution in [0.15, 0.2) is 18.2 Å². The molecule has 0 unspecified atom stereocenters. The molecule has 0 saturated carbocycles. The van der Waals surface area contributed by atoms with Gasteiger partial charge < -0.3 is 14.2 Å². The molecule has 1 aromatic carbocycles. The highest BCUT2D eigenvalue weighted by Crippen LogP contribution is 2.33. The molecular weight excluding hydrogens is 208 g/mol. The Kier molecular flexibility index (Phi) is 3.25. The molecule has 1 N–H and O–H groups in total. The fourth-order valence-electron chi connectivity index (χ4n) is 1.60. The second-order valence-corrected chi connectivity index (χ2v) is 3.27. The van der Waals surface area contributed by atoms with E-state index in [1.54, 1.807) is 25.3 Å². The lowest BCUT2D eigenvalue weighted by molar-refractivity contribution is -0.0454. The number of methoxy groups -OCH3 is 1. The zero-order chi connectivity index (χ0) is 11.4. The number of rotatable bonds is 3. The molecule has 1 aliphatic rings. The summed E-state index contributed by atoms with van der Waals surface area (Å²) in [6, 6.07) is 5.33. The van der Waals surface area contributed by atoms with E-state index in [0.29, 0.717) is 24.7 Å². The summed E-state index contributed by atoms with van der Waals surface area (Å²) in [5.41, 5.74) is 1.48. The molecule has 0 amide bonds. The lowest BCUT2D eigenvalue weighted by Crippen LogP contribution is -2.02. The SMILES string of the molecule is COc1ccc(NC#N)cc1C1OCCO1. The van der Waals surface area contributed by atoms with E-state index >= 15 is 0 Å². The van der Waals surface area contributed by atoms with Crippen molar-refractivity contribution >= 4 is 5.69 Å². The van der Waals surface area contributed by atoms with Gasteiger partial charge in [-0.3, -0.25) is 5.32 Å². The zero-order valence-electron chi connectivity index (χ0n) is 8.90. The van der Waals surface area contributed by atoms with Gasteiger partial charge in [0.05, 0.1) is 25.9 Å². The largest absolute Gasteiger partial charge is 0.496 e. The Bertz CT molecular complexity index is 408. The van der Waals surface area contributed by atoms with Crippen molar-refractivity contribution in [2.24, 2.45) is 0 Å². The molecule has 0 bridgehead atoms. The molecule has 1 aliphatic heterocycles. The van der Waals surface area contributed by atoms with Crippen LogP contribution in [0.2, 0.25) is 0 Å². The number of hydrogen-bond acceptors (Lipinski definition) is 5. The molecule has 0 atom stereocenters. The van der Waals surface area contributed by atoms with E-state index in [0.717, 1.165) is 5.56 Å². The zero-order valence-corrected chi connectivity index (χ0v) is 8.90. The van der Waals surface area contributed by atoms with Crippen LogP contribution in [-0.2, 0) is 9.47 Å². The average molecular weight is 220 g/mol. The van der Waals surface area contributed by atoms with Gasteiger partial charge >= 0.3 is 0 Å². The van der Waals surface area contributed by atoms with Crippen LogP contribution in [0.25, 0.3) is 0 Å². The van der Waals surface area contributed by atoms with E-state index in [1.807, 2.05) is 6.19 Å². The highest BCUT2D eigenvalue weighted by molar-refractivity contribution is 5.53. The smallest absolute Gasteiger partial charge is 0.187 e. The average Bonchev–Trinajstić information content (AvgIpc) is 2.83. The number of nitrogens with one attached hydrogen (secondary N) is 1. The summed E-state index contributed by atoms with van der Waals surface area (Å²) in [6.45, 7) is 1.15. The van der Waals surface area contributed by atoms with E-state index in [2.05, 4.69) is 5.32 Å². The van der Waals surface area contributed by atoms with Gasteiger partial charge in [-0.25, -0.2) is 0 Å². The number of nitrogens with zero attached hydrogens (tertiary/aromatic N) is 1. The van der Waals surface area contributed by atoms with Gasteiger partial charge in [-0.1, -0.05) is 0 Å². The molecule has 1 heterocycles. The Morgan fingerprint density at radius 1 is 1.44 bits per heavy atom. The summed E-state index contributed by atoms with van der Waals surface area (Å²) in [6.07, 6.45) is 1.46. The van der Waals surface area contributed by atoms with Crippen LogP contribution >= 0.6 is 0 Å². The van der Waals surface area contributed by atoms with Gasteiger partial charge in [-0.2, -0.15) is 5.26 Å². The molecule has 84 valence electrons. The molecule has 0 aromatic heterocycles. The van der Waals surface area contributed by atoms with Gasteiger partial charge in [0.25, 0.3) is 0 Å². The van der Waals surface area contributed by atoms with Crippen LogP contribution in [-0.4, -0.2) is 20.3 Å². The second-order valence-electron chi connectivity index (χ2n) is 3.27. The molecule has 1 aromatic rings. The lowest BCUT2D eigenvalue weighted by atomic mass is 10.1. The maximum absolute atomic E-state index is 8.55. The van der Waals surface area contributed by atoms with Gasteiger partial charge in [-0.05, 0) is 18.2 Å². The van der Waals surface area contributed by atoms with Gasteiger partial charge in [0.2, 0.25) is 0 Å². The predicted molar refractivity (Wildman–Crippen MR) is 56.9 cm³/mol. The van der Waals surface area contributed by atoms with E-state index in [9.17, 15) is 0 Å². The van der Waals surface area contributed by atoms with Gasteiger partial charge in [-0.15, -0.1) is 0 Å². The Morgan fingerprint density at radius 3 is 2.81 bits per heavy atom. The predicted octanol–water partition coefficient (Wildman–Crippen LogP) is 1.63. The van der Waals surface area contributed by atoms with Crippen molar-refractivity contribution in [1.82, 2.24) is 0 Å². The van der Waals surface area contributed by atoms with Gasteiger partial charge in [0.1, 0.15) is 5.75 Å². The summed E-state index contributed by atoms with van der Waals surface area (Å²) < 4.78 is 16.0. The van der Waals surface area contributed by atoms with E-state index in [4.69, 9.17) is 19.5 Å². The molecule has 16 heavy (non-hydrogen) atoms. The Labute approximate surface area is 93.5 Å². The minimum Gasteiger partial charge on any atom is -0.496 e. The van der Waals surface area contributed by atoms with Crippen molar-refractivity contribution in [3.8, 4) is 11.9 Å². The normalized spacial score (nSPS) is 15.8. The number of nitriles is 1. The molecule has 0 radical (unpaired) electrons. The highest BCUT2D eigenvalue weighted by atomic mass is 16.7. The molecule has 0 spiro atoms. The minimum absolute atomic E-state index is 0.407. The summed E-state index contributed by atoms with van der Waals surface area (Å²) in [5.74, 6) is 0.690. The van der Waals surface area contributed by atoms with Crippen molar-refractivity contribution < 1.29 is 14.2 Å². The Balaban J connectivity index is 2.31. The number of benzene rings is 1. The standard InChI is InChI=1S/C11H12N2O3/c1-14-10-3-2-8(13-7-12)6-9(10)11-15-4-5-16-11/h2-3,6,11,13H,4-5H2,1H3. The Morgan fingerprint density at radius 2 is 2.19 bits per heavy atom. The third-order valence-corrected chi connectivity index (χ3v) is 2.31. The van der Waals surface area contributed by atoms with Crippen molar-refractivity contribution in [3.63, 3.8) is 0 Å². The lowest BCUT2D eigenvalue weighted by Gasteiger charge is -2.14. The maximum Gasteiger partial charge on any atom is 0.187 e.